The van der Waals surface area contributed by atoms with Crippen molar-refractivity contribution >= 4 is 56.4 Å². The maximum atomic E-state index is 13.7. The van der Waals surface area contributed by atoms with E-state index in [1.54, 1.807) is 32.0 Å². The number of carbonyl (C=O) groups excluding carboxylic acids is 2. The Morgan fingerprint density at radius 3 is 2.32 bits per heavy atom. The molecule has 0 aromatic heterocycles. The topological polar surface area (TPSA) is 130 Å². The zero-order chi connectivity index (χ0) is 27.9. The number of halogens is 2. The number of aryl methyl sites for hydroxylation is 1. The highest BCUT2D eigenvalue weighted by molar-refractivity contribution is 7.92. The molecule has 2 rings (SSSR count). The molecule has 1 N–H and O–H groups in total. The number of hydrogen-bond donors (Lipinski definition) is 1. The molecule has 37 heavy (non-hydrogen) atoms. The summed E-state index contributed by atoms with van der Waals surface area (Å²) in [5, 5.41) is 14.7. The molecule has 0 heterocycles. The number of hydrogen-bond acceptors (Lipinski definition) is 6. The summed E-state index contributed by atoms with van der Waals surface area (Å²) >= 11 is 12.2. The number of non-ortho nitro benzene ring substituents is 1. The summed E-state index contributed by atoms with van der Waals surface area (Å²) in [4.78, 5) is 38.6. The Bertz CT molecular complexity index is 1270. The van der Waals surface area contributed by atoms with Crippen molar-refractivity contribution in [3.05, 3.63) is 67.7 Å². The molecule has 0 saturated heterocycles. The third-order valence-corrected chi connectivity index (χ3v) is 7.49. The molecule has 0 aliphatic heterocycles. The van der Waals surface area contributed by atoms with Crippen molar-refractivity contribution in [2.24, 2.45) is 0 Å². The van der Waals surface area contributed by atoms with E-state index in [2.05, 4.69) is 5.32 Å². The second-order valence-corrected chi connectivity index (χ2v) is 11.2. The monoisotopic (exact) mass is 572 g/mol. The van der Waals surface area contributed by atoms with Gasteiger partial charge in [0.25, 0.3) is 5.69 Å². The van der Waals surface area contributed by atoms with Crippen LogP contribution < -0.4 is 9.62 Å². The highest BCUT2D eigenvalue weighted by Gasteiger charge is 2.32. The largest absolute Gasteiger partial charge is 0.354 e. The minimum absolute atomic E-state index is 0.00280. The molecule has 2 aromatic carbocycles. The third-order valence-electron chi connectivity index (χ3n) is 5.62. The summed E-state index contributed by atoms with van der Waals surface area (Å²) < 4.78 is 26.3. The molecule has 0 bridgehead atoms. The molecule has 1 unspecified atom stereocenters. The number of nitrogens with zero attached hydrogens (tertiary/aromatic N) is 3. The van der Waals surface area contributed by atoms with Gasteiger partial charge >= 0.3 is 0 Å². The summed E-state index contributed by atoms with van der Waals surface area (Å²) in [5.74, 6) is -1.05. The minimum atomic E-state index is -4.04. The molecule has 2 amide bonds. The molecule has 1 atom stereocenters. The molecule has 10 nitrogen and oxygen atoms in total. The van der Waals surface area contributed by atoms with E-state index in [-0.39, 0.29) is 35.3 Å². The van der Waals surface area contributed by atoms with Gasteiger partial charge in [-0.3, -0.25) is 24.0 Å². The molecule has 0 saturated carbocycles. The van der Waals surface area contributed by atoms with Crippen molar-refractivity contribution in [2.75, 3.05) is 23.7 Å². The Morgan fingerprint density at radius 2 is 1.78 bits per heavy atom. The van der Waals surface area contributed by atoms with E-state index in [4.69, 9.17) is 23.2 Å². The van der Waals surface area contributed by atoms with Gasteiger partial charge in [-0.2, -0.15) is 0 Å². The Hall–Kier alpha value is -2.89. The molecular weight excluding hydrogens is 543 g/mol. The van der Waals surface area contributed by atoms with Gasteiger partial charge in [0.2, 0.25) is 21.8 Å². The fraction of sp³-hybridized carbons (Fsp3) is 0.417. The average Bonchev–Trinajstić information content (AvgIpc) is 2.82. The number of nitrogens with one attached hydrogen (secondary N) is 1. The molecule has 0 aliphatic carbocycles. The van der Waals surface area contributed by atoms with Crippen LogP contribution in [0.5, 0.6) is 0 Å². The summed E-state index contributed by atoms with van der Waals surface area (Å²) in [7, 11) is -4.04. The standard InChI is InChI=1S/C24H30Cl2N4O6S/c1-5-11-27-24(32)21(6-2)28(14-17-8-10-19(25)20(26)12-17)23(31)15-29(37(4,35)36)22-13-18(30(33)34)9-7-16(22)3/h7-10,12-13,21H,5-6,11,14-15H2,1-4H3,(H,27,32). The first-order chi connectivity index (χ1) is 17.3. The van der Waals surface area contributed by atoms with Crippen molar-refractivity contribution in [2.45, 2.75) is 46.2 Å². The zero-order valence-corrected chi connectivity index (χ0v) is 23.4. The highest BCUT2D eigenvalue weighted by atomic mass is 35.5. The van der Waals surface area contributed by atoms with E-state index in [9.17, 15) is 28.1 Å². The van der Waals surface area contributed by atoms with E-state index in [0.717, 1.165) is 16.6 Å². The number of nitro benzene ring substituents is 1. The van der Waals surface area contributed by atoms with Gasteiger partial charge < -0.3 is 10.2 Å². The predicted octanol–water partition coefficient (Wildman–Crippen LogP) is 4.31. The summed E-state index contributed by atoms with van der Waals surface area (Å²) in [5.41, 5.74) is 0.692. The molecule has 202 valence electrons. The molecule has 2 aromatic rings. The van der Waals surface area contributed by atoms with Crippen LogP contribution in [0.1, 0.15) is 37.8 Å². The van der Waals surface area contributed by atoms with Gasteiger partial charge in [-0.15, -0.1) is 0 Å². The van der Waals surface area contributed by atoms with E-state index in [1.807, 2.05) is 6.92 Å². The maximum absolute atomic E-state index is 13.7. The number of anilines is 1. The van der Waals surface area contributed by atoms with Crippen LogP contribution in [-0.2, 0) is 26.2 Å². The second kappa shape index (κ2) is 13.1. The number of sulfonamides is 1. The Labute approximate surface area is 226 Å². The quantitative estimate of drug-likeness (QED) is 0.298. The first-order valence-electron chi connectivity index (χ1n) is 11.5. The molecule has 0 radical (unpaired) electrons. The van der Waals surface area contributed by atoms with Gasteiger partial charge in [0.1, 0.15) is 12.6 Å². The fourth-order valence-corrected chi connectivity index (χ4v) is 4.91. The van der Waals surface area contributed by atoms with Gasteiger partial charge in [0.05, 0.1) is 26.9 Å². The summed E-state index contributed by atoms with van der Waals surface area (Å²) in [6.07, 6.45) is 1.86. The van der Waals surface area contributed by atoms with Crippen molar-refractivity contribution in [1.82, 2.24) is 10.2 Å². The molecule has 13 heteroatoms. The Kier molecular flexibility index (Phi) is 10.7. The van der Waals surface area contributed by atoms with E-state index >= 15 is 0 Å². The van der Waals surface area contributed by atoms with E-state index < -0.39 is 33.4 Å². The third kappa shape index (κ3) is 8.05. The lowest BCUT2D eigenvalue weighted by Gasteiger charge is -2.33. The Morgan fingerprint density at radius 1 is 1.11 bits per heavy atom. The van der Waals surface area contributed by atoms with Gasteiger partial charge in [0.15, 0.2) is 0 Å². The summed E-state index contributed by atoms with van der Waals surface area (Å²) in [6.45, 7) is 4.92. The number of benzene rings is 2. The molecule has 0 fully saturated rings. The van der Waals surface area contributed by atoms with Crippen LogP contribution in [0.25, 0.3) is 0 Å². The van der Waals surface area contributed by atoms with Crippen molar-refractivity contribution in [3.8, 4) is 0 Å². The first-order valence-corrected chi connectivity index (χ1v) is 14.1. The predicted molar refractivity (Wildman–Crippen MR) is 144 cm³/mol. The zero-order valence-electron chi connectivity index (χ0n) is 21.0. The normalized spacial score (nSPS) is 12.1. The Balaban J connectivity index is 2.53. The van der Waals surface area contributed by atoms with Gasteiger partial charge in [0, 0.05) is 25.2 Å². The van der Waals surface area contributed by atoms with Crippen LogP contribution in [-0.4, -0.2) is 55.4 Å². The lowest BCUT2D eigenvalue weighted by Crippen LogP contribution is -2.52. The van der Waals surface area contributed by atoms with Crippen LogP contribution in [0, 0.1) is 17.0 Å². The molecule has 0 spiro atoms. The van der Waals surface area contributed by atoms with Crippen molar-refractivity contribution < 1.29 is 22.9 Å². The fourth-order valence-electron chi connectivity index (χ4n) is 3.69. The number of carbonyl (C=O) groups is 2. The molecule has 0 aliphatic rings. The van der Waals surface area contributed by atoms with Crippen LogP contribution >= 0.6 is 23.2 Å². The highest BCUT2D eigenvalue weighted by Crippen LogP contribution is 2.28. The summed E-state index contributed by atoms with van der Waals surface area (Å²) in [6, 6.07) is 7.66. The van der Waals surface area contributed by atoms with E-state index in [1.165, 1.54) is 17.0 Å². The molecular formula is C24H30Cl2N4O6S. The van der Waals surface area contributed by atoms with Gasteiger partial charge in [-0.05, 0) is 43.0 Å². The first kappa shape index (κ1) is 30.3. The van der Waals surface area contributed by atoms with Crippen molar-refractivity contribution in [1.29, 1.82) is 0 Å². The number of amides is 2. The van der Waals surface area contributed by atoms with Crippen LogP contribution in [0.4, 0.5) is 11.4 Å². The van der Waals surface area contributed by atoms with Gasteiger partial charge in [-0.25, -0.2) is 8.42 Å². The van der Waals surface area contributed by atoms with Crippen LogP contribution in [0.2, 0.25) is 10.0 Å². The van der Waals surface area contributed by atoms with E-state index in [0.29, 0.717) is 29.1 Å². The lowest BCUT2D eigenvalue weighted by atomic mass is 10.1. The van der Waals surface area contributed by atoms with Crippen LogP contribution in [0.15, 0.2) is 36.4 Å². The van der Waals surface area contributed by atoms with Gasteiger partial charge in [-0.1, -0.05) is 49.2 Å². The maximum Gasteiger partial charge on any atom is 0.271 e. The second-order valence-electron chi connectivity index (χ2n) is 8.48. The minimum Gasteiger partial charge on any atom is -0.354 e. The van der Waals surface area contributed by atoms with Crippen molar-refractivity contribution in [3.63, 3.8) is 0 Å². The van der Waals surface area contributed by atoms with Crippen LogP contribution in [0.3, 0.4) is 0 Å². The number of nitro groups is 1. The smallest absolute Gasteiger partial charge is 0.271 e. The lowest BCUT2D eigenvalue weighted by molar-refractivity contribution is -0.384. The SMILES string of the molecule is CCCNC(=O)C(CC)N(Cc1ccc(Cl)c(Cl)c1)C(=O)CN(c1cc([N+](=O)[O-])ccc1C)S(C)(=O)=O. The number of rotatable bonds is 12. The average molecular weight is 573 g/mol.